The fraction of sp³-hybridized carbons (Fsp3) is 0.833. The lowest BCUT2D eigenvalue weighted by Crippen LogP contribution is -2.44. The first kappa shape index (κ1) is 11.2. The van der Waals surface area contributed by atoms with Gasteiger partial charge in [-0.15, -0.1) is 0 Å². The molecule has 0 rings (SSSR count). The van der Waals surface area contributed by atoms with Gasteiger partial charge in [-0.05, 0) is 6.42 Å². The molecule has 0 saturated heterocycles. The summed E-state index contributed by atoms with van der Waals surface area (Å²) in [6.07, 6.45) is -4.86. The fourth-order valence-corrected chi connectivity index (χ4v) is 0.861. The highest BCUT2D eigenvalue weighted by atomic mass is 19.4. The molecular weight excluding hydrogens is 175 g/mol. The molecule has 0 aliphatic heterocycles. The number of carbonyl (C=O) groups is 1. The summed E-state index contributed by atoms with van der Waals surface area (Å²) in [6.45, 7) is 1.25. The van der Waals surface area contributed by atoms with E-state index in [1.165, 1.54) is 6.92 Å². The number of rotatable bonds is 3. The molecule has 0 amide bonds. The Balaban J connectivity index is 4.45. The van der Waals surface area contributed by atoms with E-state index < -0.39 is 24.1 Å². The average molecular weight is 185 g/mol. The molecule has 0 spiro atoms. The Hall–Kier alpha value is -0.780. The summed E-state index contributed by atoms with van der Waals surface area (Å²) in [6, 6.07) is -1.87. The van der Waals surface area contributed by atoms with Gasteiger partial charge in [0.1, 0.15) is 6.04 Å². The summed E-state index contributed by atoms with van der Waals surface area (Å²) >= 11 is 0. The second kappa shape index (κ2) is 3.75. The number of halogens is 3. The first-order valence-electron chi connectivity index (χ1n) is 3.35. The lowest BCUT2D eigenvalue weighted by molar-refractivity contribution is -0.187. The van der Waals surface area contributed by atoms with Crippen LogP contribution >= 0.6 is 0 Å². The molecule has 0 heterocycles. The third kappa shape index (κ3) is 2.69. The molecule has 0 bridgehead atoms. The molecule has 12 heavy (non-hydrogen) atoms. The van der Waals surface area contributed by atoms with Crippen molar-refractivity contribution in [2.24, 2.45) is 11.7 Å². The Morgan fingerprint density at radius 3 is 2.08 bits per heavy atom. The third-order valence-corrected chi connectivity index (χ3v) is 1.58. The second-order valence-corrected chi connectivity index (χ2v) is 2.42. The van der Waals surface area contributed by atoms with Crippen LogP contribution in [-0.4, -0.2) is 23.3 Å². The Kier molecular flexibility index (Phi) is 3.51. The van der Waals surface area contributed by atoms with Crippen molar-refractivity contribution in [3.63, 3.8) is 0 Å². The van der Waals surface area contributed by atoms with E-state index in [0.29, 0.717) is 0 Å². The van der Waals surface area contributed by atoms with Crippen molar-refractivity contribution in [3.8, 4) is 0 Å². The number of hydrogen-bond acceptors (Lipinski definition) is 2. The number of carboxylic acids is 1. The van der Waals surface area contributed by atoms with Crippen LogP contribution in [0.3, 0.4) is 0 Å². The fourth-order valence-electron chi connectivity index (χ4n) is 0.861. The summed E-state index contributed by atoms with van der Waals surface area (Å²) in [5.74, 6) is -3.59. The zero-order valence-corrected chi connectivity index (χ0v) is 6.43. The van der Waals surface area contributed by atoms with Gasteiger partial charge >= 0.3 is 12.1 Å². The van der Waals surface area contributed by atoms with E-state index in [2.05, 4.69) is 0 Å². The van der Waals surface area contributed by atoms with Gasteiger partial charge in [0.15, 0.2) is 0 Å². The number of hydrogen-bond donors (Lipinski definition) is 2. The lowest BCUT2D eigenvalue weighted by Gasteiger charge is -2.21. The van der Waals surface area contributed by atoms with Crippen LogP contribution in [0.2, 0.25) is 0 Å². The molecule has 0 saturated carbocycles. The Labute approximate surface area is 67.4 Å². The summed E-state index contributed by atoms with van der Waals surface area (Å²) in [4.78, 5) is 10.1. The van der Waals surface area contributed by atoms with Gasteiger partial charge in [-0.1, -0.05) is 6.92 Å². The lowest BCUT2D eigenvalue weighted by atomic mass is 9.97. The van der Waals surface area contributed by atoms with E-state index in [-0.39, 0.29) is 6.42 Å². The summed E-state index contributed by atoms with van der Waals surface area (Å²) in [5, 5.41) is 8.22. The van der Waals surface area contributed by atoms with Gasteiger partial charge in [-0.2, -0.15) is 13.2 Å². The quantitative estimate of drug-likeness (QED) is 0.689. The molecule has 0 aromatic carbocycles. The average Bonchev–Trinajstić information content (AvgIpc) is 1.85. The maximum absolute atomic E-state index is 12.0. The topological polar surface area (TPSA) is 63.3 Å². The Morgan fingerprint density at radius 2 is 2.00 bits per heavy atom. The van der Waals surface area contributed by atoms with Gasteiger partial charge in [-0.25, -0.2) is 0 Å². The standard InChI is InChI=1S/C6H10F3NO2/c1-2-3(6(7,8)9)4(10)5(11)12/h3-4H,2,10H2,1H3,(H,11,12)/t3-,4-/m0/s1. The Morgan fingerprint density at radius 1 is 1.58 bits per heavy atom. The van der Waals surface area contributed by atoms with E-state index in [1.807, 2.05) is 0 Å². The molecule has 0 radical (unpaired) electrons. The van der Waals surface area contributed by atoms with Crippen molar-refractivity contribution >= 4 is 5.97 Å². The molecule has 0 aliphatic carbocycles. The highest BCUT2D eigenvalue weighted by molar-refractivity contribution is 5.73. The van der Waals surface area contributed by atoms with Crippen LogP contribution in [-0.2, 0) is 4.79 Å². The van der Waals surface area contributed by atoms with Crippen LogP contribution in [0.15, 0.2) is 0 Å². The van der Waals surface area contributed by atoms with Crippen LogP contribution in [0.5, 0.6) is 0 Å². The number of alkyl halides is 3. The van der Waals surface area contributed by atoms with Crippen molar-refractivity contribution in [2.45, 2.75) is 25.6 Å². The minimum Gasteiger partial charge on any atom is -0.480 e. The third-order valence-electron chi connectivity index (χ3n) is 1.58. The van der Waals surface area contributed by atoms with Gasteiger partial charge in [-0.3, -0.25) is 4.79 Å². The van der Waals surface area contributed by atoms with Gasteiger partial charge in [0.25, 0.3) is 0 Å². The van der Waals surface area contributed by atoms with Crippen LogP contribution in [0.4, 0.5) is 13.2 Å². The van der Waals surface area contributed by atoms with Gasteiger partial charge < -0.3 is 10.8 Å². The minimum atomic E-state index is -4.54. The highest BCUT2D eigenvalue weighted by Crippen LogP contribution is 2.30. The molecule has 0 aromatic heterocycles. The zero-order chi connectivity index (χ0) is 9.94. The summed E-state index contributed by atoms with van der Waals surface area (Å²) < 4.78 is 36.0. The van der Waals surface area contributed by atoms with Crippen molar-refractivity contribution in [3.05, 3.63) is 0 Å². The normalized spacial score (nSPS) is 17.1. The van der Waals surface area contributed by atoms with Crippen molar-refractivity contribution < 1.29 is 23.1 Å². The molecule has 3 N–H and O–H groups in total. The molecule has 0 fully saturated rings. The second-order valence-electron chi connectivity index (χ2n) is 2.42. The van der Waals surface area contributed by atoms with Crippen LogP contribution < -0.4 is 5.73 Å². The van der Waals surface area contributed by atoms with E-state index in [0.717, 1.165) is 0 Å². The molecule has 0 aliphatic rings. The monoisotopic (exact) mass is 185 g/mol. The molecular formula is C6H10F3NO2. The number of nitrogens with two attached hydrogens (primary N) is 1. The first-order valence-corrected chi connectivity index (χ1v) is 3.35. The highest BCUT2D eigenvalue weighted by Gasteiger charge is 2.44. The van der Waals surface area contributed by atoms with Gasteiger partial charge in [0.2, 0.25) is 0 Å². The summed E-state index contributed by atoms with van der Waals surface area (Å²) in [7, 11) is 0. The smallest absolute Gasteiger partial charge is 0.393 e. The molecule has 72 valence electrons. The predicted molar refractivity (Wildman–Crippen MR) is 35.4 cm³/mol. The van der Waals surface area contributed by atoms with Crippen molar-refractivity contribution in [1.82, 2.24) is 0 Å². The SMILES string of the molecule is CC[C@@H]([C@H](N)C(=O)O)C(F)(F)F. The predicted octanol–water partition coefficient (Wildman–Crippen LogP) is 0.987. The van der Waals surface area contributed by atoms with Crippen molar-refractivity contribution in [1.29, 1.82) is 0 Å². The molecule has 6 heteroatoms. The van der Waals surface area contributed by atoms with Crippen LogP contribution in [0, 0.1) is 5.92 Å². The maximum Gasteiger partial charge on any atom is 0.393 e. The van der Waals surface area contributed by atoms with Crippen molar-refractivity contribution in [2.75, 3.05) is 0 Å². The van der Waals surface area contributed by atoms with Gasteiger partial charge in [0.05, 0.1) is 5.92 Å². The molecule has 3 nitrogen and oxygen atoms in total. The Bertz CT molecular complexity index is 169. The first-order chi connectivity index (χ1) is 5.30. The molecule has 0 aromatic rings. The number of aliphatic carboxylic acids is 1. The number of carboxylic acid groups (broad SMARTS) is 1. The minimum absolute atomic E-state index is 0.322. The van der Waals surface area contributed by atoms with E-state index in [9.17, 15) is 18.0 Å². The maximum atomic E-state index is 12.0. The zero-order valence-electron chi connectivity index (χ0n) is 6.43. The van der Waals surface area contributed by atoms with E-state index in [4.69, 9.17) is 10.8 Å². The van der Waals surface area contributed by atoms with E-state index in [1.54, 1.807) is 0 Å². The van der Waals surface area contributed by atoms with Crippen LogP contribution in [0.1, 0.15) is 13.3 Å². The summed E-state index contributed by atoms with van der Waals surface area (Å²) in [5.41, 5.74) is 4.84. The largest absolute Gasteiger partial charge is 0.480 e. The molecule has 2 atom stereocenters. The van der Waals surface area contributed by atoms with E-state index >= 15 is 0 Å². The van der Waals surface area contributed by atoms with Crippen LogP contribution in [0.25, 0.3) is 0 Å². The molecule has 0 unspecified atom stereocenters. The van der Waals surface area contributed by atoms with Gasteiger partial charge in [0, 0.05) is 0 Å².